The van der Waals surface area contributed by atoms with E-state index in [0.717, 1.165) is 0 Å². The first kappa shape index (κ1) is 37.1. The van der Waals surface area contributed by atoms with Crippen LogP contribution in [-0.2, 0) is 57.2 Å². The Morgan fingerprint density at radius 3 is 2.00 bits per heavy atom. The third-order valence-corrected chi connectivity index (χ3v) is 9.61. The molecule has 0 amide bonds. The molecule has 0 bridgehead atoms. The SMILES string of the molecule is CC(=O)O[C@@H]1C2=C(C)C(=O)O[C@H]2[C@@H](Cl)/C(C)=C\C[C@H](OC(C)=O)C2(C)[C@@H]1C(C)[C@H](OC(C)=O)[C@H](OC(=O)CC(C)C)[C@@H]2OC(C)=O. The van der Waals surface area contributed by atoms with Gasteiger partial charge in [-0.3, -0.25) is 24.0 Å². The van der Waals surface area contributed by atoms with Crippen LogP contribution in [0.1, 0.15) is 82.1 Å². The van der Waals surface area contributed by atoms with Gasteiger partial charge in [0.1, 0.15) is 24.4 Å². The van der Waals surface area contributed by atoms with Crippen molar-refractivity contribution in [2.75, 3.05) is 0 Å². The van der Waals surface area contributed by atoms with Gasteiger partial charge in [-0.25, -0.2) is 4.79 Å². The number of carbonyl (C=O) groups is 6. The Labute approximate surface area is 274 Å². The highest BCUT2D eigenvalue weighted by molar-refractivity contribution is 6.23. The maximum atomic E-state index is 13.2. The van der Waals surface area contributed by atoms with E-state index < -0.39 is 95.1 Å². The van der Waals surface area contributed by atoms with Crippen LogP contribution in [0.4, 0.5) is 0 Å². The molecule has 0 N–H and O–H groups in total. The molecule has 3 rings (SSSR count). The van der Waals surface area contributed by atoms with Crippen LogP contribution in [0.15, 0.2) is 22.8 Å². The quantitative estimate of drug-likeness (QED) is 0.165. The number of esters is 6. The van der Waals surface area contributed by atoms with Crippen LogP contribution in [0.3, 0.4) is 0 Å². The summed E-state index contributed by atoms with van der Waals surface area (Å²) in [5.41, 5.74) is -0.487. The molecule has 1 fully saturated rings. The normalized spacial score (nSPS) is 35.4. The minimum Gasteiger partial charge on any atom is -0.461 e. The van der Waals surface area contributed by atoms with E-state index in [4.69, 9.17) is 40.0 Å². The minimum atomic E-state index is -1.50. The molecule has 2 unspecified atom stereocenters. The van der Waals surface area contributed by atoms with E-state index in [9.17, 15) is 28.8 Å². The molecule has 1 aliphatic heterocycles. The Morgan fingerprint density at radius 2 is 1.48 bits per heavy atom. The highest BCUT2D eigenvalue weighted by atomic mass is 35.5. The Kier molecular flexibility index (Phi) is 11.7. The lowest BCUT2D eigenvalue weighted by molar-refractivity contribution is -0.260. The van der Waals surface area contributed by atoms with Crippen molar-refractivity contribution in [1.29, 1.82) is 0 Å². The molecule has 12 nitrogen and oxygen atoms in total. The monoisotopic (exact) mass is 668 g/mol. The van der Waals surface area contributed by atoms with Gasteiger partial charge in [0.2, 0.25) is 0 Å². The number of rotatable bonds is 7. The molecule has 0 saturated heterocycles. The summed E-state index contributed by atoms with van der Waals surface area (Å²) in [6.45, 7) is 15.1. The second-order valence-corrected chi connectivity index (χ2v) is 13.5. The van der Waals surface area contributed by atoms with Gasteiger partial charge >= 0.3 is 35.8 Å². The van der Waals surface area contributed by atoms with Crippen molar-refractivity contribution < 1.29 is 57.2 Å². The van der Waals surface area contributed by atoms with Crippen molar-refractivity contribution in [3.05, 3.63) is 22.8 Å². The summed E-state index contributed by atoms with van der Waals surface area (Å²) in [5.74, 6) is -6.03. The molecule has 0 aromatic carbocycles. The number of hydrogen-bond donors (Lipinski definition) is 0. The van der Waals surface area contributed by atoms with E-state index in [2.05, 4.69) is 0 Å². The molecule has 13 heteroatoms. The van der Waals surface area contributed by atoms with Crippen molar-refractivity contribution in [3.63, 3.8) is 0 Å². The largest absolute Gasteiger partial charge is 0.461 e. The first-order valence-electron chi connectivity index (χ1n) is 15.4. The van der Waals surface area contributed by atoms with Crippen molar-refractivity contribution in [2.24, 2.45) is 23.2 Å². The second-order valence-electron chi connectivity index (χ2n) is 13.0. The summed E-state index contributed by atoms with van der Waals surface area (Å²) >= 11 is 6.90. The molecule has 2 aliphatic carbocycles. The smallest absolute Gasteiger partial charge is 0.334 e. The molecule has 0 aromatic heterocycles. The maximum Gasteiger partial charge on any atom is 0.334 e. The van der Waals surface area contributed by atoms with E-state index in [1.807, 2.05) is 13.8 Å². The lowest BCUT2D eigenvalue weighted by atomic mass is 9.53. The van der Waals surface area contributed by atoms with Crippen molar-refractivity contribution >= 4 is 47.4 Å². The molecular formula is C33H45ClO12. The van der Waals surface area contributed by atoms with Crippen LogP contribution in [0.2, 0.25) is 0 Å². The standard InChI is InChI=1S/C33H45ClO12/c1-14(2)13-23(39)45-30-27(42-19(7)36)17(5)25-28(43-20(8)37)24-16(4)32(40)46-29(24)26(34)15(3)11-12-22(41-18(6)35)33(25,10)31(30)44-21(9)38/h11,14,17,22,25-31H,12-13H2,1-10H3/b15-11-/t17?,22-,25+,26-,27-,28+,29+,30-,31-,33?/m0/s1. The molecule has 10 atom stereocenters. The average Bonchev–Trinajstić information content (AvgIpc) is 3.21. The molecule has 0 spiro atoms. The first-order chi connectivity index (χ1) is 21.3. The Hall–Kier alpha value is -3.41. The lowest BCUT2D eigenvalue weighted by Gasteiger charge is -2.58. The molecule has 0 aromatic rings. The second kappa shape index (κ2) is 14.6. The number of ether oxygens (including phenoxy) is 6. The van der Waals surface area contributed by atoms with Crippen LogP contribution >= 0.6 is 11.6 Å². The summed E-state index contributed by atoms with van der Waals surface area (Å²) in [6.07, 6.45) is -5.58. The molecule has 3 aliphatic rings. The third kappa shape index (κ3) is 7.58. The zero-order valence-corrected chi connectivity index (χ0v) is 28.8. The number of halogens is 1. The van der Waals surface area contributed by atoms with Crippen molar-refractivity contribution in [2.45, 2.75) is 124 Å². The summed E-state index contributed by atoms with van der Waals surface area (Å²) in [4.78, 5) is 77.2. The summed E-state index contributed by atoms with van der Waals surface area (Å²) in [7, 11) is 0. The van der Waals surface area contributed by atoms with Gasteiger partial charge in [0.25, 0.3) is 0 Å². The van der Waals surface area contributed by atoms with E-state index in [-0.39, 0.29) is 29.9 Å². The third-order valence-electron chi connectivity index (χ3n) is 9.04. The van der Waals surface area contributed by atoms with E-state index in [1.165, 1.54) is 34.6 Å². The van der Waals surface area contributed by atoms with Gasteiger partial charge in [0, 0.05) is 63.5 Å². The van der Waals surface area contributed by atoms with Gasteiger partial charge < -0.3 is 28.4 Å². The topological polar surface area (TPSA) is 158 Å². The van der Waals surface area contributed by atoms with Gasteiger partial charge in [-0.2, -0.15) is 0 Å². The van der Waals surface area contributed by atoms with E-state index >= 15 is 0 Å². The van der Waals surface area contributed by atoms with E-state index in [0.29, 0.717) is 5.57 Å². The molecule has 1 heterocycles. The molecule has 1 saturated carbocycles. The number of alkyl halides is 1. The van der Waals surface area contributed by atoms with Gasteiger partial charge in [0.05, 0.1) is 10.8 Å². The van der Waals surface area contributed by atoms with Gasteiger partial charge in [0.15, 0.2) is 12.2 Å². The molecular weight excluding hydrogens is 624 g/mol. The lowest BCUT2D eigenvalue weighted by Crippen LogP contribution is -2.69. The van der Waals surface area contributed by atoms with Crippen LogP contribution in [0.25, 0.3) is 0 Å². The zero-order chi connectivity index (χ0) is 34.8. The number of hydrogen-bond acceptors (Lipinski definition) is 12. The van der Waals surface area contributed by atoms with Gasteiger partial charge in [-0.05, 0) is 19.8 Å². The van der Waals surface area contributed by atoms with Gasteiger partial charge in [-0.1, -0.05) is 39.3 Å². The summed E-state index contributed by atoms with van der Waals surface area (Å²) < 4.78 is 35.5. The average molecular weight is 669 g/mol. The molecule has 46 heavy (non-hydrogen) atoms. The fourth-order valence-electron chi connectivity index (χ4n) is 7.16. The minimum absolute atomic E-state index is 0.0142. The maximum absolute atomic E-state index is 13.2. The summed E-state index contributed by atoms with van der Waals surface area (Å²) in [6, 6.07) is 0. The van der Waals surface area contributed by atoms with Gasteiger partial charge in [-0.15, -0.1) is 11.6 Å². The van der Waals surface area contributed by atoms with Crippen LogP contribution in [0.5, 0.6) is 0 Å². The van der Waals surface area contributed by atoms with Crippen LogP contribution < -0.4 is 0 Å². The van der Waals surface area contributed by atoms with Crippen LogP contribution in [0, 0.1) is 23.2 Å². The van der Waals surface area contributed by atoms with Crippen molar-refractivity contribution in [3.8, 4) is 0 Å². The van der Waals surface area contributed by atoms with Crippen molar-refractivity contribution in [1.82, 2.24) is 0 Å². The number of carbonyl (C=O) groups excluding carboxylic acids is 6. The molecule has 0 radical (unpaired) electrons. The van der Waals surface area contributed by atoms with Crippen LogP contribution in [-0.4, -0.2) is 77.8 Å². The predicted molar refractivity (Wildman–Crippen MR) is 163 cm³/mol. The molecule has 256 valence electrons. The van der Waals surface area contributed by atoms with E-state index in [1.54, 1.807) is 26.8 Å². The first-order valence-corrected chi connectivity index (χ1v) is 15.8. The highest BCUT2D eigenvalue weighted by Gasteiger charge is 2.67. The summed E-state index contributed by atoms with van der Waals surface area (Å²) in [5, 5.41) is -0.881. The fraction of sp³-hybridized carbons (Fsp3) is 0.697. The number of fused-ring (bicyclic) bond motifs is 2. The fourth-order valence-corrected chi connectivity index (χ4v) is 7.44. The highest BCUT2D eigenvalue weighted by Crippen LogP contribution is 2.56. The Morgan fingerprint density at radius 1 is 0.913 bits per heavy atom. The Balaban J connectivity index is 2.49. The predicted octanol–water partition coefficient (Wildman–Crippen LogP) is 4.14. The zero-order valence-electron chi connectivity index (χ0n) is 28.0. The Bertz CT molecular complexity index is 1320.